The number of carbonyl (C=O) groups is 1. The number of aromatic nitrogens is 1. The molecule has 0 atom stereocenters. The summed E-state index contributed by atoms with van der Waals surface area (Å²) in [6, 6.07) is 13.3. The number of H-pyrrole nitrogens is 1. The number of amides is 1. The average Bonchev–Trinajstić information content (AvgIpc) is 3.00. The van der Waals surface area contributed by atoms with E-state index in [0.717, 1.165) is 10.6 Å². The predicted octanol–water partition coefficient (Wildman–Crippen LogP) is 3.35. The first kappa shape index (κ1) is 20.3. The third kappa shape index (κ3) is 4.72. The second-order valence-electron chi connectivity index (χ2n) is 6.16. The normalized spacial score (nSPS) is 11.8. The number of ether oxygens (including phenoxy) is 1. The third-order valence-corrected chi connectivity index (χ3v) is 5.18. The molecule has 1 aromatic heterocycles. The van der Waals surface area contributed by atoms with Crippen molar-refractivity contribution in [2.24, 2.45) is 10.2 Å². The van der Waals surface area contributed by atoms with Crippen molar-refractivity contribution in [1.29, 1.82) is 0 Å². The van der Waals surface area contributed by atoms with Crippen LogP contribution in [0.3, 0.4) is 0 Å². The van der Waals surface area contributed by atoms with Gasteiger partial charge in [0, 0.05) is 5.39 Å². The van der Waals surface area contributed by atoms with Crippen LogP contribution in [0.5, 0.6) is 11.6 Å². The number of nitrogens with zero attached hydrogens (tertiary/aromatic N) is 3. The second-order valence-corrected chi connectivity index (χ2v) is 8.06. The van der Waals surface area contributed by atoms with Gasteiger partial charge in [-0.15, -0.1) is 10.2 Å². The molecule has 29 heavy (non-hydrogen) atoms. The summed E-state index contributed by atoms with van der Waals surface area (Å²) in [5.74, 6) is -0.422. The summed E-state index contributed by atoms with van der Waals surface area (Å²) >= 11 is 0. The Morgan fingerprint density at radius 3 is 2.52 bits per heavy atom. The zero-order chi connectivity index (χ0) is 21.0. The topological polar surface area (TPSA) is 124 Å². The van der Waals surface area contributed by atoms with E-state index in [1.54, 1.807) is 48.5 Å². The van der Waals surface area contributed by atoms with Crippen molar-refractivity contribution in [2.75, 3.05) is 23.7 Å². The number of azo groups is 1. The number of hydrogen-bond donors (Lipinski definition) is 2. The Morgan fingerprint density at radius 2 is 1.86 bits per heavy atom. The van der Waals surface area contributed by atoms with E-state index in [2.05, 4.69) is 15.2 Å². The summed E-state index contributed by atoms with van der Waals surface area (Å²) in [5, 5.41) is 18.0. The SMILES string of the molecule is CCOc1ccc(N(CC(=O)N=Nc2c(O)[nH]c3ccccc23)S(C)(=O)=O)cc1. The molecule has 0 saturated carbocycles. The van der Waals surface area contributed by atoms with Gasteiger partial charge in [-0.2, -0.15) is 0 Å². The van der Waals surface area contributed by atoms with Crippen LogP contribution in [0.2, 0.25) is 0 Å². The molecule has 0 aliphatic rings. The van der Waals surface area contributed by atoms with Gasteiger partial charge in [-0.05, 0) is 37.3 Å². The number of para-hydroxylation sites is 1. The van der Waals surface area contributed by atoms with Crippen LogP contribution in [0, 0.1) is 0 Å². The van der Waals surface area contributed by atoms with Gasteiger partial charge in [-0.3, -0.25) is 9.10 Å². The van der Waals surface area contributed by atoms with Crippen molar-refractivity contribution in [3.05, 3.63) is 48.5 Å². The fourth-order valence-electron chi connectivity index (χ4n) is 2.75. The maximum absolute atomic E-state index is 12.3. The molecule has 9 nitrogen and oxygen atoms in total. The van der Waals surface area contributed by atoms with Gasteiger partial charge >= 0.3 is 0 Å². The maximum Gasteiger partial charge on any atom is 0.285 e. The van der Waals surface area contributed by atoms with E-state index < -0.39 is 22.5 Å². The molecule has 2 aromatic carbocycles. The van der Waals surface area contributed by atoms with Gasteiger partial charge in [0.25, 0.3) is 5.91 Å². The van der Waals surface area contributed by atoms with Gasteiger partial charge in [-0.25, -0.2) is 8.42 Å². The van der Waals surface area contributed by atoms with E-state index >= 15 is 0 Å². The van der Waals surface area contributed by atoms with Crippen LogP contribution >= 0.6 is 0 Å². The van der Waals surface area contributed by atoms with Crippen LogP contribution in [-0.4, -0.2) is 43.8 Å². The summed E-state index contributed by atoms with van der Waals surface area (Å²) in [6.07, 6.45) is 0.999. The van der Waals surface area contributed by atoms with Crippen molar-refractivity contribution in [2.45, 2.75) is 6.92 Å². The number of rotatable bonds is 7. The number of nitrogens with one attached hydrogen (secondary N) is 1. The smallest absolute Gasteiger partial charge is 0.285 e. The highest BCUT2D eigenvalue weighted by Gasteiger charge is 2.21. The Labute approximate surface area is 167 Å². The molecule has 0 fully saturated rings. The standard InChI is InChI=1S/C19H20N4O5S/c1-3-28-14-10-8-13(9-11-14)23(29(2,26)27)12-17(24)21-22-18-15-6-4-5-7-16(15)20-19(18)25/h4-11,20,25H,3,12H2,1-2H3. The average molecular weight is 416 g/mol. The van der Waals surface area contributed by atoms with E-state index in [9.17, 15) is 18.3 Å². The van der Waals surface area contributed by atoms with Crippen LogP contribution in [0.1, 0.15) is 6.92 Å². The van der Waals surface area contributed by atoms with Crippen LogP contribution in [0.4, 0.5) is 11.4 Å². The van der Waals surface area contributed by atoms with Crippen molar-refractivity contribution < 1.29 is 23.1 Å². The van der Waals surface area contributed by atoms with Gasteiger partial charge in [0.2, 0.25) is 15.9 Å². The summed E-state index contributed by atoms with van der Waals surface area (Å²) in [5.41, 5.74) is 1.05. The molecule has 152 valence electrons. The van der Waals surface area contributed by atoms with Crippen LogP contribution in [0.25, 0.3) is 10.9 Å². The predicted molar refractivity (Wildman–Crippen MR) is 109 cm³/mol. The number of sulfonamides is 1. The Hall–Kier alpha value is -3.40. The highest BCUT2D eigenvalue weighted by molar-refractivity contribution is 7.92. The largest absolute Gasteiger partial charge is 0.494 e. The van der Waals surface area contributed by atoms with E-state index in [1.165, 1.54) is 0 Å². The molecular formula is C19H20N4O5S. The monoisotopic (exact) mass is 416 g/mol. The summed E-state index contributed by atoms with van der Waals surface area (Å²) < 4.78 is 30.6. The summed E-state index contributed by atoms with van der Waals surface area (Å²) in [7, 11) is -3.74. The minimum atomic E-state index is -3.74. The number of anilines is 1. The zero-order valence-electron chi connectivity index (χ0n) is 15.9. The maximum atomic E-state index is 12.3. The molecule has 3 aromatic rings. The van der Waals surface area contributed by atoms with E-state index in [4.69, 9.17) is 4.74 Å². The molecule has 10 heteroatoms. The Bertz CT molecular complexity index is 1150. The molecule has 0 spiro atoms. The number of aromatic amines is 1. The lowest BCUT2D eigenvalue weighted by Crippen LogP contribution is -2.34. The first-order valence-electron chi connectivity index (χ1n) is 8.74. The molecule has 0 aliphatic carbocycles. The molecule has 0 bridgehead atoms. The molecule has 3 rings (SSSR count). The van der Waals surface area contributed by atoms with Gasteiger partial charge in [-0.1, -0.05) is 18.2 Å². The Morgan fingerprint density at radius 1 is 1.17 bits per heavy atom. The quantitative estimate of drug-likeness (QED) is 0.572. The zero-order valence-corrected chi connectivity index (χ0v) is 16.7. The van der Waals surface area contributed by atoms with Crippen molar-refractivity contribution in [1.82, 2.24) is 4.98 Å². The van der Waals surface area contributed by atoms with Crippen molar-refractivity contribution in [3.8, 4) is 11.6 Å². The Kier molecular flexibility index (Phi) is 5.83. The number of aromatic hydroxyl groups is 1. The minimum absolute atomic E-state index is 0.112. The molecule has 1 amide bonds. The van der Waals surface area contributed by atoms with Gasteiger partial charge < -0.3 is 14.8 Å². The minimum Gasteiger partial charge on any atom is -0.494 e. The summed E-state index contributed by atoms with van der Waals surface area (Å²) in [4.78, 5) is 15.0. The molecule has 0 saturated heterocycles. The number of hydrogen-bond acceptors (Lipinski definition) is 6. The first-order chi connectivity index (χ1) is 13.8. The fraction of sp³-hybridized carbons (Fsp3) is 0.211. The highest BCUT2D eigenvalue weighted by Crippen LogP contribution is 2.35. The second kappa shape index (κ2) is 8.31. The molecule has 2 N–H and O–H groups in total. The number of carbonyl (C=O) groups excluding carboxylic acids is 1. The molecular weight excluding hydrogens is 396 g/mol. The lowest BCUT2D eigenvalue weighted by atomic mass is 10.2. The number of fused-ring (bicyclic) bond motifs is 1. The molecule has 0 radical (unpaired) electrons. The van der Waals surface area contributed by atoms with Gasteiger partial charge in [0.1, 0.15) is 12.3 Å². The highest BCUT2D eigenvalue weighted by atomic mass is 32.2. The fourth-order valence-corrected chi connectivity index (χ4v) is 3.60. The summed E-state index contributed by atoms with van der Waals surface area (Å²) in [6.45, 7) is 1.79. The molecule has 0 unspecified atom stereocenters. The van der Waals surface area contributed by atoms with Crippen LogP contribution < -0.4 is 9.04 Å². The van der Waals surface area contributed by atoms with Crippen LogP contribution in [-0.2, 0) is 14.8 Å². The molecule has 0 aliphatic heterocycles. The van der Waals surface area contributed by atoms with E-state index in [1.807, 2.05) is 6.92 Å². The van der Waals surface area contributed by atoms with E-state index in [0.29, 0.717) is 28.9 Å². The van der Waals surface area contributed by atoms with Gasteiger partial charge in [0.05, 0.1) is 24.1 Å². The van der Waals surface area contributed by atoms with E-state index in [-0.39, 0.29) is 11.6 Å². The first-order valence-corrected chi connectivity index (χ1v) is 10.6. The van der Waals surface area contributed by atoms with Crippen LogP contribution in [0.15, 0.2) is 58.8 Å². The lowest BCUT2D eigenvalue weighted by Gasteiger charge is -2.20. The van der Waals surface area contributed by atoms with Gasteiger partial charge in [0.15, 0.2) is 5.69 Å². The number of benzene rings is 2. The third-order valence-electron chi connectivity index (χ3n) is 4.04. The lowest BCUT2D eigenvalue weighted by molar-refractivity contribution is -0.116. The Balaban J connectivity index is 1.82. The molecule has 1 heterocycles. The van der Waals surface area contributed by atoms with Crippen molar-refractivity contribution >= 4 is 38.2 Å². The van der Waals surface area contributed by atoms with Crippen molar-refractivity contribution in [3.63, 3.8) is 0 Å².